The maximum absolute atomic E-state index is 2.36. The van der Waals surface area contributed by atoms with Gasteiger partial charge in [-0.3, -0.25) is 0 Å². The minimum atomic E-state index is 0.577. The van der Waals surface area contributed by atoms with Gasteiger partial charge in [0.1, 0.15) is 0 Å². The van der Waals surface area contributed by atoms with Crippen molar-refractivity contribution in [2.75, 3.05) is 0 Å². The van der Waals surface area contributed by atoms with E-state index in [4.69, 9.17) is 0 Å². The topological polar surface area (TPSA) is 0 Å². The van der Waals surface area contributed by atoms with Crippen molar-refractivity contribution in [3.63, 3.8) is 0 Å². The lowest BCUT2D eigenvalue weighted by molar-refractivity contribution is 0.829. The smallest absolute Gasteiger partial charge is 0.00199 e. The molecule has 2 rings (SSSR count). The van der Waals surface area contributed by atoms with Crippen molar-refractivity contribution >= 4 is 0 Å². The van der Waals surface area contributed by atoms with Crippen molar-refractivity contribution in [2.45, 2.75) is 59.8 Å². The van der Waals surface area contributed by atoms with Gasteiger partial charge in [-0.2, -0.15) is 0 Å². The molecular weight excluding hydrogens is 252 g/mol. The molecule has 0 aliphatic rings. The molecule has 0 unspecified atom stereocenters. The summed E-state index contributed by atoms with van der Waals surface area (Å²) in [6.07, 6.45) is 1.05. The largest absolute Gasteiger partial charge is 0.0590 e. The van der Waals surface area contributed by atoms with Crippen molar-refractivity contribution in [1.29, 1.82) is 0 Å². The molecule has 0 atom stereocenters. The first-order valence-electron chi connectivity index (χ1n) is 8.07. The first kappa shape index (κ1) is 15.8. The lowest BCUT2D eigenvalue weighted by Crippen LogP contribution is -2.02. The van der Waals surface area contributed by atoms with E-state index in [1.54, 1.807) is 0 Å². The van der Waals surface area contributed by atoms with E-state index in [9.17, 15) is 0 Å². The SMILES string of the molecule is Cc1ccc(C(C)C)c(Cc2cc(C)ccc2C(C)C)c1. The Labute approximate surface area is 130 Å². The van der Waals surface area contributed by atoms with E-state index < -0.39 is 0 Å². The van der Waals surface area contributed by atoms with E-state index >= 15 is 0 Å². The number of hydrogen-bond acceptors (Lipinski definition) is 0. The highest BCUT2D eigenvalue weighted by Crippen LogP contribution is 2.27. The molecule has 0 heteroatoms. The summed E-state index contributed by atoms with van der Waals surface area (Å²) in [7, 11) is 0. The quantitative estimate of drug-likeness (QED) is 0.631. The van der Waals surface area contributed by atoms with Gasteiger partial charge >= 0.3 is 0 Å². The zero-order valence-corrected chi connectivity index (χ0v) is 14.3. The fraction of sp³-hybridized carbons (Fsp3) is 0.429. The molecule has 0 fully saturated rings. The molecule has 0 N–H and O–H groups in total. The highest BCUT2D eigenvalue weighted by Gasteiger charge is 2.12. The van der Waals surface area contributed by atoms with Crippen molar-refractivity contribution in [3.8, 4) is 0 Å². The maximum atomic E-state index is 2.36. The third-order valence-corrected chi connectivity index (χ3v) is 4.22. The van der Waals surface area contributed by atoms with E-state index in [1.807, 2.05) is 0 Å². The van der Waals surface area contributed by atoms with Gasteiger partial charge in [-0.05, 0) is 54.4 Å². The summed E-state index contributed by atoms with van der Waals surface area (Å²) in [5, 5.41) is 0. The second-order valence-electron chi connectivity index (χ2n) is 6.89. The molecule has 2 aromatic rings. The molecule has 0 radical (unpaired) electrons. The van der Waals surface area contributed by atoms with Crippen molar-refractivity contribution in [2.24, 2.45) is 0 Å². The van der Waals surface area contributed by atoms with Gasteiger partial charge < -0.3 is 0 Å². The average molecular weight is 280 g/mol. The Bertz CT molecular complexity index is 562. The van der Waals surface area contributed by atoms with Gasteiger partial charge in [-0.15, -0.1) is 0 Å². The van der Waals surface area contributed by atoms with Crippen LogP contribution < -0.4 is 0 Å². The molecule has 0 saturated carbocycles. The van der Waals surface area contributed by atoms with E-state index in [1.165, 1.54) is 33.4 Å². The highest BCUT2D eigenvalue weighted by molar-refractivity contribution is 5.42. The first-order valence-corrected chi connectivity index (χ1v) is 8.07. The molecule has 112 valence electrons. The predicted molar refractivity (Wildman–Crippen MR) is 93.3 cm³/mol. The van der Waals surface area contributed by atoms with Crippen LogP contribution in [0.3, 0.4) is 0 Å². The molecule has 0 spiro atoms. The standard InChI is InChI=1S/C21H28/c1-14(2)20-9-7-16(5)11-18(20)13-19-12-17(6)8-10-21(19)15(3)4/h7-12,14-15H,13H2,1-6H3. The van der Waals surface area contributed by atoms with Gasteiger partial charge in [0.15, 0.2) is 0 Å². The van der Waals surface area contributed by atoms with Gasteiger partial charge in [0, 0.05) is 0 Å². The number of aryl methyl sites for hydroxylation is 2. The molecular formula is C21H28. The molecule has 0 amide bonds. The van der Waals surface area contributed by atoms with E-state index in [0.717, 1.165) is 6.42 Å². The number of benzene rings is 2. The summed E-state index contributed by atoms with van der Waals surface area (Å²) in [5.74, 6) is 1.15. The molecule has 2 aromatic carbocycles. The van der Waals surface area contributed by atoms with Crippen molar-refractivity contribution in [3.05, 3.63) is 69.8 Å². The third kappa shape index (κ3) is 3.75. The molecule has 0 aliphatic carbocycles. The molecule has 0 nitrogen and oxygen atoms in total. The maximum Gasteiger partial charge on any atom is -0.00199 e. The summed E-state index contributed by atoms with van der Waals surface area (Å²) >= 11 is 0. The minimum absolute atomic E-state index is 0.577. The Kier molecular flexibility index (Phi) is 4.88. The Morgan fingerprint density at radius 1 is 0.667 bits per heavy atom. The molecule has 0 aromatic heterocycles. The summed E-state index contributed by atoms with van der Waals surface area (Å²) < 4.78 is 0. The lowest BCUT2D eigenvalue weighted by atomic mass is 9.87. The van der Waals surface area contributed by atoms with Gasteiger partial charge in [0.2, 0.25) is 0 Å². The predicted octanol–water partition coefficient (Wildman–Crippen LogP) is 6.14. The number of hydrogen-bond donors (Lipinski definition) is 0. The number of rotatable bonds is 4. The Hall–Kier alpha value is -1.56. The van der Waals surface area contributed by atoms with Crippen LogP contribution in [0.1, 0.15) is 72.9 Å². The third-order valence-electron chi connectivity index (χ3n) is 4.22. The fourth-order valence-electron chi connectivity index (χ4n) is 3.11. The first-order chi connectivity index (χ1) is 9.88. The summed E-state index contributed by atoms with van der Waals surface area (Å²) in [5.41, 5.74) is 8.64. The molecule has 0 saturated heterocycles. The van der Waals surface area contributed by atoms with Crippen LogP contribution in [0, 0.1) is 13.8 Å². The normalized spacial score (nSPS) is 11.4. The van der Waals surface area contributed by atoms with Gasteiger partial charge in [0.05, 0.1) is 0 Å². The Morgan fingerprint density at radius 3 is 1.38 bits per heavy atom. The molecule has 0 bridgehead atoms. The monoisotopic (exact) mass is 280 g/mol. The average Bonchev–Trinajstić information content (AvgIpc) is 2.38. The van der Waals surface area contributed by atoms with Crippen LogP contribution in [-0.4, -0.2) is 0 Å². The second-order valence-corrected chi connectivity index (χ2v) is 6.89. The van der Waals surface area contributed by atoms with Crippen LogP contribution in [-0.2, 0) is 6.42 Å². The van der Waals surface area contributed by atoms with Crippen LogP contribution >= 0.6 is 0 Å². The highest BCUT2D eigenvalue weighted by atomic mass is 14.2. The summed E-state index contributed by atoms with van der Waals surface area (Å²) in [6, 6.07) is 13.8. The van der Waals surface area contributed by atoms with Crippen LogP contribution in [0.15, 0.2) is 36.4 Å². The van der Waals surface area contributed by atoms with E-state index in [0.29, 0.717) is 11.8 Å². The van der Waals surface area contributed by atoms with Crippen molar-refractivity contribution < 1.29 is 0 Å². The van der Waals surface area contributed by atoms with Gasteiger partial charge in [-0.25, -0.2) is 0 Å². The van der Waals surface area contributed by atoms with E-state index in [-0.39, 0.29) is 0 Å². The van der Waals surface area contributed by atoms with Crippen LogP contribution in [0.25, 0.3) is 0 Å². The zero-order valence-electron chi connectivity index (χ0n) is 14.3. The minimum Gasteiger partial charge on any atom is -0.0590 e. The Morgan fingerprint density at radius 2 is 1.05 bits per heavy atom. The Balaban J connectivity index is 2.47. The zero-order chi connectivity index (χ0) is 15.6. The van der Waals surface area contributed by atoms with Gasteiger partial charge in [0.25, 0.3) is 0 Å². The van der Waals surface area contributed by atoms with E-state index in [2.05, 4.69) is 77.9 Å². The van der Waals surface area contributed by atoms with Crippen LogP contribution in [0.5, 0.6) is 0 Å². The van der Waals surface area contributed by atoms with Gasteiger partial charge in [-0.1, -0.05) is 75.2 Å². The van der Waals surface area contributed by atoms with Crippen molar-refractivity contribution in [1.82, 2.24) is 0 Å². The van der Waals surface area contributed by atoms with Crippen LogP contribution in [0.4, 0.5) is 0 Å². The molecule has 0 heterocycles. The fourth-order valence-corrected chi connectivity index (χ4v) is 3.11. The summed E-state index contributed by atoms with van der Waals surface area (Å²) in [4.78, 5) is 0. The molecule has 0 aliphatic heterocycles. The lowest BCUT2D eigenvalue weighted by Gasteiger charge is -2.18. The molecule has 21 heavy (non-hydrogen) atoms. The summed E-state index contributed by atoms with van der Waals surface area (Å²) in [6.45, 7) is 13.5. The van der Waals surface area contributed by atoms with Crippen LogP contribution in [0.2, 0.25) is 0 Å². The second kappa shape index (κ2) is 6.47.